The maximum Gasteiger partial charge on any atom is 0.471 e. The molecule has 0 radical (unpaired) electrons. The van der Waals surface area contributed by atoms with Crippen LogP contribution in [-0.4, -0.2) is 70.8 Å². The van der Waals surface area contributed by atoms with Gasteiger partial charge in [0.2, 0.25) is 17.7 Å². The normalized spacial score (nSPS) is 24.5. The van der Waals surface area contributed by atoms with Crippen LogP contribution in [0.15, 0.2) is 0 Å². The molecule has 0 aliphatic carbocycles. The van der Waals surface area contributed by atoms with E-state index in [1.807, 2.05) is 6.07 Å². The topological polar surface area (TPSA) is 131 Å². The van der Waals surface area contributed by atoms with E-state index in [4.69, 9.17) is 11.6 Å². The van der Waals surface area contributed by atoms with E-state index in [1.54, 1.807) is 19.2 Å². The van der Waals surface area contributed by atoms with Gasteiger partial charge in [-0.25, -0.2) is 0 Å². The minimum Gasteiger partial charge on any atom is -0.356 e. The Hall–Kier alpha value is -2.55. The summed E-state index contributed by atoms with van der Waals surface area (Å²) in [5, 5.41) is 16.6. The minimum atomic E-state index is -5.20. The van der Waals surface area contributed by atoms with Gasteiger partial charge in [0.15, 0.2) is 0 Å². The van der Waals surface area contributed by atoms with Gasteiger partial charge in [-0.15, -0.1) is 11.6 Å². The molecule has 0 saturated carbocycles. The van der Waals surface area contributed by atoms with Gasteiger partial charge in [0.1, 0.15) is 18.1 Å². The number of carbonyl (C=O) groups is 4. The summed E-state index contributed by atoms with van der Waals surface area (Å²) in [5.41, 5.74) is -1.11. The van der Waals surface area contributed by atoms with Crippen molar-refractivity contribution in [2.75, 3.05) is 13.1 Å². The number of nitriles is 1. The molecule has 202 valence electrons. The summed E-state index contributed by atoms with van der Waals surface area (Å²) in [6, 6.07) is -1.83. The van der Waals surface area contributed by atoms with Gasteiger partial charge in [-0.2, -0.15) is 18.4 Å². The molecule has 36 heavy (non-hydrogen) atoms. The molecular formula is C23H33ClF3N5O4. The lowest BCUT2D eigenvalue weighted by Gasteiger charge is -2.38. The van der Waals surface area contributed by atoms with Gasteiger partial charge in [-0.3, -0.25) is 19.2 Å². The van der Waals surface area contributed by atoms with Crippen molar-refractivity contribution in [2.45, 2.75) is 83.1 Å². The standard InChI is InChI=1S/C23H33ClF3N5O4/c1-21(2,3)16(31-20(36)23(25,26)27)19(35)32-9-7-14(22(4,5)24)15(32)18(34)30-13(11-28)10-12-6-8-29-17(12)33/h12-16H,6-10H2,1-5H3,(H,29,33)(H,30,34)(H,31,36)/t12-,13-,14?,15-,16+/m0/s1. The highest BCUT2D eigenvalue weighted by Crippen LogP contribution is 2.39. The molecule has 4 amide bonds. The molecule has 2 saturated heterocycles. The Bertz CT molecular complexity index is 923. The molecule has 0 spiro atoms. The van der Waals surface area contributed by atoms with Crippen LogP contribution in [0.25, 0.3) is 0 Å². The number of amides is 4. The largest absolute Gasteiger partial charge is 0.471 e. The molecule has 2 rings (SSSR count). The SMILES string of the molecule is CC(C)(Cl)C1CCN(C(=O)[C@@H](NC(=O)C(F)(F)F)C(C)(C)C)[C@@H]1C(=O)N[C@H](C#N)C[C@@H]1CCNC1=O. The zero-order chi connectivity index (χ0) is 27.6. The third-order valence-electron chi connectivity index (χ3n) is 6.63. The van der Waals surface area contributed by atoms with Gasteiger partial charge in [-0.05, 0) is 38.5 Å². The zero-order valence-electron chi connectivity index (χ0n) is 21.0. The van der Waals surface area contributed by atoms with Crippen molar-refractivity contribution in [3.63, 3.8) is 0 Å². The van der Waals surface area contributed by atoms with E-state index in [-0.39, 0.29) is 25.3 Å². The molecule has 13 heteroatoms. The second-order valence-electron chi connectivity index (χ2n) is 10.9. The lowest BCUT2D eigenvalue weighted by Crippen LogP contribution is -2.61. The third-order valence-corrected chi connectivity index (χ3v) is 6.91. The predicted molar refractivity (Wildman–Crippen MR) is 124 cm³/mol. The van der Waals surface area contributed by atoms with Crippen LogP contribution in [0.1, 0.15) is 53.9 Å². The first-order valence-electron chi connectivity index (χ1n) is 11.7. The smallest absolute Gasteiger partial charge is 0.356 e. The molecule has 1 unspecified atom stereocenters. The summed E-state index contributed by atoms with van der Waals surface area (Å²) in [7, 11) is 0. The summed E-state index contributed by atoms with van der Waals surface area (Å²) >= 11 is 6.53. The first-order chi connectivity index (χ1) is 16.4. The number of carbonyl (C=O) groups excluding carboxylic acids is 4. The van der Waals surface area contributed by atoms with Crippen molar-refractivity contribution in [3.05, 3.63) is 0 Å². The fourth-order valence-electron chi connectivity index (χ4n) is 4.67. The van der Waals surface area contributed by atoms with Gasteiger partial charge in [-0.1, -0.05) is 20.8 Å². The number of hydrogen-bond acceptors (Lipinski definition) is 5. The number of hydrogen-bond donors (Lipinski definition) is 3. The third kappa shape index (κ3) is 7.02. The summed E-state index contributed by atoms with van der Waals surface area (Å²) in [6.45, 7) is 8.31. The number of nitrogens with zero attached hydrogens (tertiary/aromatic N) is 2. The highest BCUT2D eigenvalue weighted by atomic mass is 35.5. The van der Waals surface area contributed by atoms with E-state index >= 15 is 0 Å². The van der Waals surface area contributed by atoms with Gasteiger partial charge in [0.05, 0.1) is 6.07 Å². The molecule has 0 aromatic heterocycles. The Balaban J connectivity index is 2.33. The average Bonchev–Trinajstić information content (AvgIpc) is 3.35. The van der Waals surface area contributed by atoms with Crippen molar-refractivity contribution in [2.24, 2.45) is 17.3 Å². The molecule has 0 bridgehead atoms. The Kier molecular flexibility index (Phi) is 8.92. The van der Waals surface area contributed by atoms with Crippen LogP contribution in [-0.2, 0) is 19.2 Å². The summed E-state index contributed by atoms with van der Waals surface area (Å²) in [6.07, 6.45) is -4.31. The van der Waals surface area contributed by atoms with Gasteiger partial charge < -0.3 is 20.9 Å². The number of likely N-dealkylation sites (tertiary alicyclic amines) is 1. The van der Waals surface area contributed by atoms with Gasteiger partial charge in [0.25, 0.3) is 0 Å². The van der Waals surface area contributed by atoms with Crippen molar-refractivity contribution in [1.82, 2.24) is 20.9 Å². The van der Waals surface area contributed by atoms with Gasteiger partial charge in [0, 0.05) is 29.8 Å². The van der Waals surface area contributed by atoms with E-state index in [2.05, 4.69) is 10.6 Å². The molecule has 2 aliphatic rings. The summed E-state index contributed by atoms with van der Waals surface area (Å²) in [5.74, 6) is -5.05. The zero-order valence-corrected chi connectivity index (χ0v) is 21.7. The number of rotatable bonds is 7. The highest BCUT2D eigenvalue weighted by Gasteiger charge is 2.52. The second kappa shape index (κ2) is 10.8. The molecule has 9 nitrogen and oxygen atoms in total. The molecule has 5 atom stereocenters. The summed E-state index contributed by atoms with van der Waals surface area (Å²) < 4.78 is 38.9. The average molecular weight is 536 g/mol. The van der Waals surface area contributed by atoms with E-state index in [0.29, 0.717) is 13.0 Å². The maximum atomic E-state index is 13.5. The summed E-state index contributed by atoms with van der Waals surface area (Å²) in [4.78, 5) is 50.7. The van der Waals surface area contributed by atoms with E-state index in [1.165, 1.54) is 20.8 Å². The number of nitrogens with one attached hydrogen (secondary N) is 3. The van der Waals surface area contributed by atoms with Crippen molar-refractivity contribution < 1.29 is 32.3 Å². The van der Waals surface area contributed by atoms with Crippen LogP contribution in [0.2, 0.25) is 0 Å². The lowest BCUT2D eigenvalue weighted by molar-refractivity contribution is -0.176. The van der Waals surface area contributed by atoms with Crippen molar-refractivity contribution >= 4 is 35.2 Å². The first-order valence-corrected chi connectivity index (χ1v) is 12.1. The van der Waals surface area contributed by atoms with Crippen molar-refractivity contribution in [1.29, 1.82) is 5.26 Å². The van der Waals surface area contributed by atoms with Crippen LogP contribution in [0, 0.1) is 28.6 Å². The maximum absolute atomic E-state index is 13.5. The molecule has 2 fully saturated rings. The monoisotopic (exact) mass is 535 g/mol. The second-order valence-corrected chi connectivity index (χ2v) is 11.9. The highest BCUT2D eigenvalue weighted by molar-refractivity contribution is 6.24. The Morgan fingerprint density at radius 2 is 1.78 bits per heavy atom. The lowest BCUT2D eigenvalue weighted by atomic mass is 9.84. The van der Waals surface area contributed by atoms with Crippen LogP contribution in [0.3, 0.4) is 0 Å². The van der Waals surface area contributed by atoms with Crippen LogP contribution in [0.5, 0.6) is 0 Å². The number of halogens is 4. The van der Waals surface area contributed by atoms with E-state index in [0.717, 1.165) is 4.90 Å². The minimum absolute atomic E-state index is 0.0223. The van der Waals surface area contributed by atoms with E-state index < -0.39 is 64.1 Å². The molecule has 0 aromatic carbocycles. The molecular weight excluding hydrogens is 503 g/mol. The molecule has 2 heterocycles. The van der Waals surface area contributed by atoms with Gasteiger partial charge >= 0.3 is 12.1 Å². The van der Waals surface area contributed by atoms with Crippen LogP contribution in [0.4, 0.5) is 13.2 Å². The Morgan fingerprint density at radius 1 is 1.17 bits per heavy atom. The molecule has 3 N–H and O–H groups in total. The first kappa shape index (κ1) is 29.7. The molecule has 0 aromatic rings. The quantitative estimate of drug-likeness (QED) is 0.428. The molecule has 2 aliphatic heterocycles. The number of alkyl halides is 4. The fraction of sp³-hybridized carbons (Fsp3) is 0.783. The fourth-order valence-corrected chi connectivity index (χ4v) is 4.89. The predicted octanol–water partition coefficient (Wildman–Crippen LogP) is 1.85. The van der Waals surface area contributed by atoms with Crippen LogP contribution < -0.4 is 16.0 Å². The van der Waals surface area contributed by atoms with E-state index in [9.17, 15) is 37.6 Å². The Morgan fingerprint density at radius 3 is 2.22 bits per heavy atom. The van der Waals surface area contributed by atoms with Crippen LogP contribution >= 0.6 is 11.6 Å². The Labute approximate surface area is 213 Å². The van der Waals surface area contributed by atoms with Crippen molar-refractivity contribution in [3.8, 4) is 6.07 Å².